The van der Waals surface area contributed by atoms with E-state index >= 15 is 0 Å². The highest BCUT2D eigenvalue weighted by Crippen LogP contribution is 2.26. The van der Waals surface area contributed by atoms with Gasteiger partial charge in [0, 0.05) is 18.0 Å². The lowest BCUT2D eigenvalue weighted by molar-refractivity contribution is 0.732. The van der Waals surface area contributed by atoms with Gasteiger partial charge in [0.15, 0.2) is 5.16 Å². The van der Waals surface area contributed by atoms with Crippen LogP contribution in [0.3, 0.4) is 0 Å². The molecule has 0 aliphatic rings. The van der Waals surface area contributed by atoms with Crippen molar-refractivity contribution in [2.75, 3.05) is 0 Å². The van der Waals surface area contributed by atoms with Gasteiger partial charge >= 0.3 is 0 Å². The zero-order valence-electron chi connectivity index (χ0n) is 19.9. The molecule has 176 valence electrons. The first-order chi connectivity index (χ1) is 16.9. The van der Waals surface area contributed by atoms with Gasteiger partial charge in [0.05, 0.1) is 22.3 Å². The highest BCUT2D eigenvalue weighted by molar-refractivity contribution is 7.98. The number of hydrogen-bond acceptors (Lipinski definition) is 5. The largest absolute Gasteiger partial charge is 0.269 e. The molecule has 0 bridgehead atoms. The molecular formula is C28H26N4O2S. The third-order valence-corrected chi connectivity index (χ3v) is 7.26. The first-order valence-electron chi connectivity index (χ1n) is 11.7. The van der Waals surface area contributed by atoms with Gasteiger partial charge < -0.3 is 0 Å². The minimum Gasteiger partial charge on any atom is -0.269 e. The van der Waals surface area contributed by atoms with Gasteiger partial charge in [-0.3, -0.25) is 18.6 Å². The van der Waals surface area contributed by atoms with Gasteiger partial charge in [-0.15, -0.1) is 0 Å². The summed E-state index contributed by atoms with van der Waals surface area (Å²) in [5, 5.41) is 1.14. The van der Waals surface area contributed by atoms with Crippen molar-refractivity contribution >= 4 is 28.3 Å². The maximum atomic E-state index is 13.5. The smallest absolute Gasteiger partial charge is 0.266 e. The van der Waals surface area contributed by atoms with Crippen molar-refractivity contribution in [3.05, 3.63) is 110 Å². The Kier molecular flexibility index (Phi) is 6.26. The number of pyridine rings is 1. The lowest BCUT2D eigenvalue weighted by Gasteiger charge is -2.15. The zero-order valence-corrected chi connectivity index (χ0v) is 20.7. The molecule has 0 N–H and O–H groups in total. The molecule has 0 aliphatic carbocycles. The van der Waals surface area contributed by atoms with E-state index in [1.165, 1.54) is 17.3 Å². The molecule has 1 unspecified atom stereocenters. The Bertz CT molecular complexity index is 1650. The van der Waals surface area contributed by atoms with Crippen molar-refractivity contribution in [3.8, 4) is 5.69 Å². The Morgan fingerprint density at radius 1 is 0.971 bits per heavy atom. The lowest BCUT2D eigenvalue weighted by atomic mass is 9.98. The van der Waals surface area contributed by atoms with Crippen molar-refractivity contribution in [2.24, 2.45) is 0 Å². The Hall–Kier alpha value is -3.71. The average Bonchev–Trinajstić information content (AvgIpc) is 2.88. The van der Waals surface area contributed by atoms with Crippen LogP contribution in [-0.4, -0.2) is 18.9 Å². The molecule has 2 aromatic carbocycles. The van der Waals surface area contributed by atoms with E-state index in [9.17, 15) is 9.59 Å². The van der Waals surface area contributed by atoms with E-state index in [1.54, 1.807) is 27.3 Å². The summed E-state index contributed by atoms with van der Waals surface area (Å²) in [5.41, 5.74) is 4.65. The van der Waals surface area contributed by atoms with E-state index < -0.39 is 0 Å². The number of nitrogens with zero attached hydrogens (tertiary/aromatic N) is 4. The van der Waals surface area contributed by atoms with Gasteiger partial charge in [-0.2, -0.15) is 0 Å². The average molecular weight is 483 g/mol. The van der Waals surface area contributed by atoms with Crippen LogP contribution in [0.15, 0.2) is 87.7 Å². The molecule has 0 amide bonds. The normalized spacial score (nSPS) is 12.3. The van der Waals surface area contributed by atoms with E-state index in [1.807, 2.05) is 49.4 Å². The maximum absolute atomic E-state index is 13.5. The first kappa shape index (κ1) is 23.1. The summed E-state index contributed by atoms with van der Waals surface area (Å²) >= 11 is 1.40. The van der Waals surface area contributed by atoms with Crippen LogP contribution >= 0.6 is 11.8 Å². The molecule has 0 spiro atoms. The molecule has 0 aliphatic heterocycles. The highest BCUT2D eigenvalue weighted by atomic mass is 32.2. The molecule has 3 heterocycles. The summed E-state index contributed by atoms with van der Waals surface area (Å²) in [4.78, 5) is 35.6. The van der Waals surface area contributed by atoms with Crippen LogP contribution in [0.4, 0.5) is 0 Å². The SMILES string of the molecule is CCC(C)c1ccc(-n2c(SCc3cc(=O)n4cc(C)ccc4n3)nc3ccccc3c2=O)cc1. The number of aryl methyl sites for hydroxylation is 1. The van der Waals surface area contributed by atoms with Crippen molar-refractivity contribution in [3.63, 3.8) is 0 Å². The van der Waals surface area contributed by atoms with Gasteiger partial charge in [0.1, 0.15) is 5.65 Å². The van der Waals surface area contributed by atoms with Crippen LogP contribution < -0.4 is 11.1 Å². The van der Waals surface area contributed by atoms with E-state index in [2.05, 4.69) is 31.0 Å². The van der Waals surface area contributed by atoms with Gasteiger partial charge in [-0.25, -0.2) is 9.97 Å². The minimum atomic E-state index is -0.126. The van der Waals surface area contributed by atoms with Crippen molar-refractivity contribution in [2.45, 2.75) is 44.0 Å². The van der Waals surface area contributed by atoms with Crippen LogP contribution in [0.25, 0.3) is 22.2 Å². The fourth-order valence-corrected chi connectivity index (χ4v) is 5.00. The highest BCUT2D eigenvalue weighted by Gasteiger charge is 2.15. The summed E-state index contributed by atoms with van der Waals surface area (Å²) in [6.07, 6.45) is 2.84. The van der Waals surface area contributed by atoms with Crippen LogP contribution in [0.5, 0.6) is 0 Å². The van der Waals surface area contributed by atoms with Gasteiger partial charge in [-0.05, 0) is 60.7 Å². The monoisotopic (exact) mass is 482 g/mol. The second-order valence-electron chi connectivity index (χ2n) is 8.76. The van der Waals surface area contributed by atoms with Gasteiger partial charge in [0.2, 0.25) is 0 Å². The molecule has 0 saturated carbocycles. The Balaban J connectivity index is 1.57. The van der Waals surface area contributed by atoms with Crippen LogP contribution in [0.2, 0.25) is 0 Å². The first-order valence-corrected chi connectivity index (χ1v) is 12.7. The second kappa shape index (κ2) is 9.50. The van der Waals surface area contributed by atoms with E-state index in [0.717, 1.165) is 17.7 Å². The third-order valence-electron chi connectivity index (χ3n) is 6.29. The van der Waals surface area contributed by atoms with E-state index in [0.29, 0.717) is 39.1 Å². The van der Waals surface area contributed by atoms with Crippen molar-refractivity contribution in [1.82, 2.24) is 18.9 Å². The van der Waals surface area contributed by atoms with Gasteiger partial charge in [-0.1, -0.05) is 55.9 Å². The van der Waals surface area contributed by atoms with Crippen LogP contribution in [-0.2, 0) is 5.75 Å². The number of aromatic nitrogens is 4. The number of fused-ring (bicyclic) bond motifs is 2. The summed E-state index contributed by atoms with van der Waals surface area (Å²) in [7, 11) is 0. The van der Waals surface area contributed by atoms with Crippen molar-refractivity contribution in [1.29, 1.82) is 0 Å². The molecule has 0 radical (unpaired) electrons. The number of rotatable bonds is 6. The second-order valence-corrected chi connectivity index (χ2v) is 9.70. The van der Waals surface area contributed by atoms with Crippen molar-refractivity contribution < 1.29 is 0 Å². The Morgan fingerprint density at radius 3 is 2.51 bits per heavy atom. The summed E-state index contributed by atoms with van der Waals surface area (Å²) in [6, 6.07) is 20.8. The molecule has 1 atom stereocenters. The molecule has 6 nitrogen and oxygen atoms in total. The molecule has 5 aromatic rings. The summed E-state index contributed by atoms with van der Waals surface area (Å²) in [5.74, 6) is 0.862. The topological polar surface area (TPSA) is 69.3 Å². The fraction of sp³-hybridized carbons (Fsp3) is 0.214. The third kappa shape index (κ3) is 4.51. The lowest BCUT2D eigenvalue weighted by Crippen LogP contribution is -2.22. The van der Waals surface area contributed by atoms with E-state index in [4.69, 9.17) is 4.98 Å². The minimum absolute atomic E-state index is 0.114. The zero-order chi connectivity index (χ0) is 24.5. The number of hydrogen-bond donors (Lipinski definition) is 0. The van der Waals surface area contributed by atoms with Crippen LogP contribution in [0.1, 0.15) is 43.0 Å². The number of para-hydroxylation sites is 1. The Morgan fingerprint density at radius 2 is 1.74 bits per heavy atom. The number of thioether (sulfide) groups is 1. The fourth-order valence-electron chi connectivity index (χ4n) is 4.10. The quantitative estimate of drug-likeness (QED) is 0.236. The van der Waals surface area contributed by atoms with Gasteiger partial charge in [0.25, 0.3) is 11.1 Å². The summed E-state index contributed by atoms with van der Waals surface area (Å²) < 4.78 is 3.21. The number of benzene rings is 2. The van der Waals surface area contributed by atoms with Crippen LogP contribution in [0, 0.1) is 6.92 Å². The molecule has 0 saturated heterocycles. The Labute approximate surface area is 207 Å². The molecule has 35 heavy (non-hydrogen) atoms. The molecular weight excluding hydrogens is 456 g/mol. The molecule has 0 fully saturated rings. The standard InChI is InChI=1S/C28H26N4O2S/c1-4-19(3)20-10-12-22(13-11-20)32-27(34)23-7-5-6-8-24(23)30-28(32)35-17-21-15-26(33)31-16-18(2)9-14-25(31)29-21/h5-16,19H,4,17H2,1-3H3. The predicted molar refractivity (Wildman–Crippen MR) is 142 cm³/mol. The predicted octanol–water partition coefficient (Wildman–Crippen LogP) is 5.51. The summed E-state index contributed by atoms with van der Waals surface area (Å²) in [6.45, 7) is 6.30. The molecule has 5 rings (SSSR count). The maximum Gasteiger partial charge on any atom is 0.266 e. The molecule has 7 heteroatoms. The van der Waals surface area contributed by atoms with E-state index in [-0.39, 0.29) is 11.1 Å². The molecule has 3 aromatic heterocycles.